The second-order valence-corrected chi connectivity index (χ2v) is 8.52. The third-order valence-electron chi connectivity index (χ3n) is 4.12. The molecule has 2 rings (SSSR count). The Balaban J connectivity index is 2.25. The lowest BCUT2D eigenvalue weighted by atomic mass is 10.1. The Morgan fingerprint density at radius 1 is 1.18 bits per heavy atom. The van der Waals surface area contributed by atoms with E-state index in [0.717, 1.165) is 16.1 Å². The molecule has 1 amide bonds. The summed E-state index contributed by atoms with van der Waals surface area (Å²) < 4.78 is 31.6. The number of carbonyl (C=O) groups is 1. The molecule has 2 aromatic carbocycles. The molecule has 0 aliphatic heterocycles. The predicted octanol–water partition coefficient (Wildman–Crippen LogP) is 3.60. The van der Waals surface area contributed by atoms with Crippen LogP contribution in [0.3, 0.4) is 0 Å². The van der Waals surface area contributed by atoms with Crippen molar-refractivity contribution in [2.24, 2.45) is 0 Å². The normalized spacial score (nSPS) is 12.3. The van der Waals surface area contributed by atoms with E-state index in [1.54, 1.807) is 25.1 Å². The maximum atomic E-state index is 12.9. The number of nitrogens with zero attached hydrogens (tertiary/aromatic N) is 1. The Hall–Kier alpha value is -2.25. The third kappa shape index (κ3) is 5.62. The maximum Gasteiger partial charge on any atom is 0.244 e. The predicted molar refractivity (Wildman–Crippen MR) is 112 cm³/mol. The van der Waals surface area contributed by atoms with Crippen LogP contribution in [-0.2, 0) is 21.4 Å². The van der Waals surface area contributed by atoms with Gasteiger partial charge in [-0.3, -0.25) is 9.10 Å². The minimum Gasteiger partial charge on any atom is -0.494 e. The number of carbonyl (C=O) groups excluding carboxylic acids is 1. The van der Waals surface area contributed by atoms with E-state index in [-0.39, 0.29) is 12.5 Å². The van der Waals surface area contributed by atoms with E-state index < -0.39 is 16.1 Å². The van der Waals surface area contributed by atoms with Crippen LogP contribution in [0.25, 0.3) is 0 Å². The van der Waals surface area contributed by atoms with E-state index in [0.29, 0.717) is 29.5 Å². The quantitative estimate of drug-likeness (QED) is 0.667. The largest absolute Gasteiger partial charge is 0.494 e. The van der Waals surface area contributed by atoms with Crippen molar-refractivity contribution >= 4 is 33.2 Å². The molecular weight excluding hydrogens is 400 g/mol. The number of anilines is 1. The van der Waals surface area contributed by atoms with Gasteiger partial charge in [-0.05, 0) is 37.6 Å². The Labute approximate surface area is 171 Å². The molecular formula is C20H25ClN2O4S. The molecule has 0 bridgehead atoms. The zero-order valence-electron chi connectivity index (χ0n) is 16.2. The van der Waals surface area contributed by atoms with Gasteiger partial charge in [-0.25, -0.2) is 8.42 Å². The van der Waals surface area contributed by atoms with Crippen molar-refractivity contribution < 1.29 is 17.9 Å². The topological polar surface area (TPSA) is 75.7 Å². The van der Waals surface area contributed by atoms with Crippen LogP contribution in [-0.4, -0.2) is 33.2 Å². The average Bonchev–Trinajstić information content (AvgIpc) is 2.64. The minimum absolute atomic E-state index is 0.235. The highest BCUT2D eigenvalue weighted by Gasteiger charge is 2.31. The molecule has 1 unspecified atom stereocenters. The van der Waals surface area contributed by atoms with Crippen LogP contribution in [0.2, 0.25) is 5.02 Å². The monoisotopic (exact) mass is 424 g/mol. The molecule has 0 spiro atoms. The highest BCUT2D eigenvalue weighted by Crippen LogP contribution is 2.25. The Bertz CT molecular complexity index is 918. The highest BCUT2D eigenvalue weighted by molar-refractivity contribution is 7.92. The van der Waals surface area contributed by atoms with Gasteiger partial charge in [0, 0.05) is 17.1 Å². The molecule has 0 aliphatic carbocycles. The fourth-order valence-electron chi connectivity index (χ4n) is 2.92. The second-order valence-electron chi connectivity index (χ2n) is 6.22. The molecule has 1 atom stereocenters. The van der Waals surface area contributed by atoms with E-state index in [1.807, 2.05) is 31.2 Å². The first kappa shape index (κ1) is 22.0. The number of hydrogen-bond acceptors (Lipinski definition) is 4. The first-order chi connectivity index (χ1) is 13.3. The number of para-hydroxylation sites is 1. The summed E-state index contributed by atoms with van der Waals surface area (Å²) in [5, 5.41) is 3.22. The van der Waals surface area contributed by atoms with Crippen molar-refractivity contribution in [1.29, 1.82) is 0 Å². The van der Waals surface area contributed by atoms with Gasteiger partial charge in [0.1, 0.15) is 11.8 Å². The van der Waals surface area contributed by atoms with Crippen LogP contribution in [0.1, 0.15) is 25.8 Å². The van der Waals surface area contributed by atoms with Crippen molar-refractivity contribution in [2.45, 2.75) is 32.9 Å². The lowest BCUT2D eigenvalue weighted by molar-refractivity contribution is -0.122. The molecule has 1 N–H and O–H groups in total. The zero-order chi connectivity index (χ0) is 20.7. The molecule has 8 heteroatoms. The molecule has 0 fully saturated rings. The molecule has 0 aliphatic rings. The summed E-state index contributed by atoms with van der Waals surface area (Å²) in [7, 11) is -3.70. The van der Waals surface area contributed by atoms with Crippen molar-refractivity contribution in [3.8, 4) is 5.75 Å². The fraction of sp³-hybridized carbons (Fsp3) is 0.350. The van der Waals surface area contributed by atoms with Crippen LogP contribution in [0.5, 0.6) is 5.75 Å². The number of halogens is 1. The molecule has 0 saturated heterocycles. The Morgan fingerprint density at radius 2 is 1.89 bits per heavy atom. The van der Waals surface area contributed by atoms with Gasteiger partial charge in [0.05, 0.1) is 18.6 Å². The van der Waals surface area contributed by atoms with E-state index in [2.05, 4.69) is 5.32 Å². The highest BCUT2D eigenvalue weighted by atomic mass is 35.5. The molecule has 152 valence electrons. The number of nitrogens with one attached hydrogen (secondary N) is 1. The first-order valence-electron chi connectivity index (χ1n) is 9.01. The number of sulfonamides is 1. The van der Waals surface area contributed by atoms with Gasteiger partial charge in [-0.2, -0.15) is 0 Å². The molecule has 0 saturated carbocycles. The second kappa shape index (κ2) is 9.80. The number of rotatable bonds is 9. The summed E-state index contributed by atoms with van der Waals surface area (Å²) in [6.45, 7) is 4.40. The molecule has 0 aromatic heterocycles. The summed E-state index contributed by atoms with van der Waals surface area (Å²) in [5.74, 6) is 0.298. The molecule has 6 nitrogen and oxygen atoms in total. The lowest BCUT2D eigenvalue weighted by Gasteiger charge is -2.30. The first-order valence-corrected chi connectivity index (χ1v) is 11.2. The third-order valence-corrected chi connectivity index (χ3v) is 5.53. The van der Waals surface area contributed by atoms with Gasteiger partial charge >= 0.3 is 0 Å². The molecule has 0 heterocycles. The fourth-order valence-corrected chi connectivity index (χ4v) is 4.31. The zero-order valence-corrected chi connectivity index (χ0v) is 17.8. The molecule has 2 aromatic rings. The van der Waals surface area contributed by atoms with E-state index >= 15 is 0 Å². The van der Waals surface area contributed by atoms with Crippen molar-refractivity contribution in [1.82, 2.24) is 5.32 Å². The Kier molecular flexibility index (Phi) is 7.71. The summed E-state index contributed by atoms with van der Waals surface area (Å²) in [6, 6.07) is 13.0. The Morgan fingerprint density at radius 3 is 2.50 bits per heavy atom. The van der Waals surface area contributed by atoms with Gasteiger partial charge in [0.2, 0.25) is 15.9 Å². The van der Waals surface area contributed by atoms with Crippen LogP contribution in [0, 0.1) is 0 Å². The van der Waals surface area contributed by atoms with E-state index in [9.17, 15) is 13.2 Å². The van der Waals surface area contributed by atoms with Gasteiger partial charge in [0.25, 0.3) is 0 Å². The molecule has 28 heavy (non-hydrogen) atoms. The van der Waals surface area contributed by atoms with Crippen LogP contribution in [0.4, 0.5) is 5.69 Å². The van der Waals surface area contributed by atoms with Crippen LogP contribution in [0.15, 0.2) is 48.5 Å². The van der Waals surface area contributed by atoms with E-state index in [4.69, 9.17) is 16.3 Å². The summed E-state index contributed by atoms with van der Waals surface area (Å²) in [4.78, 5) is 12.9. The van der Waals surface area contributed by atoms with Crippen LogP contribution >= 0.6 is 11.6 Å². The van der Waals surface area contributed by atoms with Gasteiger partial charge < -0.3 is 10.1 Å². The minimum atomic E-state index is -3.70. The van der Waals surface area contributed by atoms with Crippen LogP contribution < -0.4 is 14.4 Å². The van der Waals surface area contributed by atoms with E-state index in [1.165, 1.54) is 6.07 Å². The van der Waals surface area contributed by atoms with Crippen molar-refractivity contribution in [2.75, 3.05) is 17.2 Å². The lowest BCUT2D eigenvalue weighted by Crippen LogP contribution is -2.49. The van der Waals surface area contributed by atoms with Gasteiger partial charge in [-0.1, -0.05) is 42.8 Å². The van der Waals surface area contributed by atoms with Gasteiger partial charge in [0.15, 0.2) is 0 Å². The average molecular weight is 425 g/mol. The smallest absolute Gasteiger partial charge is 0.244 e. The standard InChI is InChI=1S/C20H25ClN2O4S/c1-4-18(23(28(3,25)26)17-11-8-10-16(21)13-17)20(24)22-14-15-9-6-7-12-19(15)27-5-2/h6-13,18H,4-5,14H2,1-3H3,(H,22,24). The number of amides is 1. The summed E-state index contributed by atoms with van der Waals surface area (Å²) in [6.07, 6.45) is 1.38. The van der Waals surface area contributed by atoms with Crippen molar-refractivity contribution in [3.05, 3.63) is 59.1 Å². The SMILES string of the molecule is CCOc1ccccc1CNC(=O)C(CC)N(c1cccc(Cl)c1)S(C)(=O)=O. The molecule has 0 radical (unpaired) electrons. The maximum absolute atomic E-state index is 12.9. The number of hydrogen-bond donors (Lipinski definition) is 1. The number of ether oxygens (including phenoxy) is 1. The summed E-state index contributed by atoms with van der Waals surface area (Å²) >= 11 is 6.02. The van der Waals surface area contributed by atoms with Gasteiger partial charge in [-0.15, -0.1) is 0 Å². The summed E-state index contributed by atoms with van der Waals surface area (Å²) in [5.41, 5.74) is 1.17. The van der Waals surface area contributed by atoms with Crippen molar-refractivity contribution in [3.63, 3.8) is 0 Å². The number of benzene rings is 2.